The number of allylic oxidation sites excluding steroid dienone is 1. The normalized spacial score (nSPS) is 17.6. The number of benzene rings is 1. The fourth-order valence-corrected chi connectivity index (χ4v) is 2.13. The number of amides is 3. The van der Waals surface area contributed by atoms with E-state index in [1.54, 1.807) is 6.92 Å². The maximum Gasteiger partial charge on any atom is 0.319 e. The summed E-state index contributed by atoms with van der Waals surface area (Å²) in [7, 11) is 0. The predicted molar refractivity (Wildman–Crippen MR) is 81.6 cm³/mol. The summed E-state index contributed by atoms with van der Waals surface area (Å²) in [5.41, 5.74) is 11.7. The molecular formula is C13H15N5O2S. The summed E-state index contributed by atoms with van der Waals surface area (Å²) in [6.07, 6.45) is 0. The molecule has 2 rings (SSSR count). The van der Waals surface area contributed by atoms with E-state index in [2.05, 4.69) is 33.7 Å². The Hall–Kier alpha value is -2.61. The van der Waals surface area contributed by atoms with Crippen LogP contribution in [0.1, 0.15) is 18.5 Å². The molecule has 6 N–H and O–H groups in total. The molecule has 21 heavy (non-hydrogen) atoms. The van der Waals surface area contributed by atoms with Gasteiger partial charge in [0.2, 0.25) is 0 Å². The fourth-order valence-electron chi connectivity index (χ4n) is 2.08. The molecule has 0 aromatic heterocycles. The summed E-state index contributed by atoms with van der Waals surface area (Å²) in [4.78, 5) is 23.9. The molecule has 0 radical (unpaired) electrons. The third kappa shape index (κ3) is 3.48. The van der Waals surface area contributed by atoms with Gasteiger partial charge in [-0.1, -0.05) is 30.3 Å². The molecule has 0 spiro atoms. The van der Waals surface area contributed by atoms with Crippen LogP contribution >= 0.6 is 12.2 Å². The minimum absolute atomic E-state index is 0.0503. The lowest BCUT2D eigenvalue weighted by Gasteiger charge is -2.28. The number of hydrogen-bond donors (Lipinski definition) is 5. The summed E-state index contributed by atoms with van der Waals surface area (Å²) in [6.45, 7) is 1.66. The maximum atomic E-state index is 12.3. The average molecular weight is 305 g/mol. The van der Waals surface area contributed by atoms with E-state index in [-0.39, 0.29) is 11.1 Å². The lowest BCUT2D eigenvalue weighted by Crippen LogP contribution is -2.50. The third-order valence-corrected chi connectivity index (χ3v) is 3.05. The van der Waals surface area contributed by atoms with Crippen molar-refractivity contribution < 1.29 is 9.59 Å². The second-order valence-corrected chi connectivity index (χ2v) is 4.86. The molecule has 7 nitrogen and oxygen atoms in total. The van der Waals surface area contributed by atoms with E-state index in [1.165, 1.54) is 0 Å². The van der Waals surface area contributed by atoms with E-state index in [1.807, 2.05) is 30.3 Å². The molecule has 3 amide bonds. The van der Waals surface area contributed by atoms with Gasteiger partial charge < -0.3 is 16.4 Å². The standard InChI is InChI=1S/C13H15N5O2S/c1-7-9(11(19)17-18-12(14)21)10(16-13(20)15-7)8-5-3-2-4-6-8/h2-6,10H,1H3,(H,17,19)(H3,14,18,21)(H2,15,16,20). The lowest BCUT2D eigenvalue weighted by molar-refractivity contribution is -0.118. The minimum Gasteiger partial charge on any atom is -0.375 e. The van der Waals surface area contributed by atoms with Crippen LogP contribution in [0.2, 0.25) is 0 Å². The van der Waals surface area contributed by atoms with Crippen LogP contribution in [0.5, 0.6) is 0 Å². The zero-order valence-electron chi connectivity index (χ0n) is 11.3. The van der Waals surface area contributed by atoms with E-state index in [9.17, 15) is 9.59 Å². The number of carbonyl (C=O) groups is 2. The number of hydrazine groups is 1. The Morgan fingerprint density at radius 2 is 1.95 bits per heavy atom. The molecule has 1 aromatic rings. The number of rotatable bonds is 2. The zero-order chi connectivity index (χ0) is 15.4. The highest BCUT2D eigenvalue weighted by atomic mass is 32.1. The van der Waals surface area contributed by atoms with Gasteiger partial charge in [-0.3, -0.25) is 15.6 Å². The highest BCUT2D eigenvalue weighted by Crippen LogP contribution is 2.26. The molecule has 0 saturated carbocycles. The van der Waals surface area contributed by atoms with Crippen molar-refractivity contribution in [3.05, 3.63) is 47.2 Å². The molecule has 1 unspecified atom stereocenters. The van der Waals surface area contributed by atoms with Gasteiger partial charge in [-0.25, -0.2) is 4.79 Å². The van der Waals surface area contributed by atoms with Gasteiger partial charge in [0.15, 0.2) is 5.11 Å². The predicted octanol–water partition coefficient (Wildman–Crippen LogP) is 0.179. The van der Waals surface area contributed by atoms with Crippen molar-refractivity contribution in [3.63, 3.8) is 0 Å². The molecule has 0 fully saturated rings. The van der Waals surface area contributed by atoms with Crippen LogP contribution < -0.4 is 27.2 Å². The highest BCUT2D eigenvalue weighted by molar-refractivity contribution is 7.80. The van der Waals surface area contributed by atoms with Gasteiger partial charge in [0.1, 0.15) is 0 Å². The molecule has 0 aliphatic carbocycles. The summed E-state index contributed by atoms with van der Waals surface area (Å²) >= 11 is 4.64. The number of hydrogen-bond acceptors (Lipinski definition) is 3. The summed E-state index contributed by atoms with van der Waals surface area (Å²) in [5, 5.41) is 5.25. The second-order valence-electron chi connectivity index (χ2n) is 4.42. The quantitative estimate of drug-likeness (QED) is 0.396. The van der Waals surface area contributed by atoms with E-state index in [0.29, 0.717) is 11.3 Å². The first kappa shape index (κ1) is 14.8. The summed E-state index contributed by atoms with van der Waals surface area (Å²) in [6, 6.07) is 8.28. The van der Waals surface area contributed by atoms with Crippen molar-refractivity contribution in [2.45, 2.75) is 13.0 Å². The fraction of sp³-hybridized carbons (Fsp3) is 0.154. The number of urea groups is 1. The first-order chi connectivity index (χ1) is 9.99. The Morgan fingerprint density at radius 3 is 2.57 bits per heavy atom. The molecule has 1 aliphatic heterocycles. The van der Waals surface area contributed by atoms with Gasteiger partial charge in [-0.2, -0.15) is 0 Å². The van der Waals surface area contributed by atoms with Crippen molar-refractivity contribution in [1.29, 1.82) is 0 Å². The molecule has 1 aromatic carbocycles. The Morgan fingerprint density at radius 1 is 1.29 bits per heavy atom. The number of nitrogens with one attached hydrogen (secondary N) is 4. The van der Waals surface area contributed by atoms with E-state index >= 15 is 0 Å². The van der Waals surface area contributed by atoms with E-state index in [0.717, 1.165) is 5.56 Å². The average Bonchev–Trinajstić information content (AvgIpc) is 2.45. The van der Waals surface area contributed by atoms with Crippen LogP contribution in [0, 0.1) is 0 Å². The van der Waals surface area contributed by atoms with Crippen LogP contribution in [0.3, 0.4) is 0 Å². The zero-order valence-corrected chi connectivity index (χ0v) is 12.1. The van der Waals surface area contributed by atoms with Crippen LogP contribution in [0.4, 0.5) is 4.79 Å². The minimum atomic E-state index is -0.548. The monoisotopic (exact) mass is 305 g/mol. The molecule has 1 heterocycles. The molecule has 0 saturated heterocycles. The van der Waals surface area contributed by atoms with Gasteiger partial charge >= 0.3 is 6.03 Å². The molecule has 0 bridgehead atoms. The van der Waals surface area contributed by atoms with Crippen LogP contribution in [0.25, 0.3) is 0 Å². The Bertz CT molecular complexity index is 614. The van der Waals surface area contributed by atoms with Crippen LogP contribution in [-0.2, 0) is 4.79 Å². The lowest BCUT2D eigenvalue weighted by atomic mass is 9.95. The van der Waals surface area contributed by atoms with Crippen molar-refractivity contribution in [2.75, 3.05) is 0 Å². The second kappa shape index (κ2) is 6.23. The van der Waals surface area contributed by atoms with Gasteiger partial charge in [0, 0.05) is 5.70 Å². The van der Waals surface area contributed by atoms with Crippen LogP contribution in [0.15, 0.2) is 41.6 Å². The largest absolute Gasteiger partial charge is 0.375 e. The molecule has 1 aliphatic rings. The van der Waals surface area contributed by atoms with Crippen molar-refractivity contribution in [3.8, 4) is 0 Å². The third-order valence-electron chi connectivity index (χ3n) is 2.95. The van der Waals surface area contributed by atoms with Gasteiger partial charge in [-0.15, -0.1) is 0 Å². The number of nitrogens with two attached hydrogens (primary N) is 1. The Kier molecular flexibility index (Phi) is 4.39. The molecule has 1 atom stereocenters. The first-order valence-corrected chi connectivity index (χ1v) is 6.59. The van der Waals surface area contributed by atoms with Crippen molar-refractivity contribution >= 4 is 29.3 Å². The molecular weight excluding hydrogens is 290 g/mol. The highest BCUT2D eigenvalue weighted by Gasteiger charge is 2.30. The molecule has 110 valence electrons. The number of thiocarbonyl (C=S) groups is 1. The van der Waals surface area contributed by atoms with Crippen LogP contribution in [-0.4, -0.2) is 17.1 Å². The Balaban J connectivity index is 2.32. The van der Waals surface area contributed by atoms with Gasteiger partial charge in [0.25, 0.3) is 5.91 Å². The maximum absolute atomic E-state index is 12.3. The first-order valence-electron chi connectivity index (χ1n) is 6.18. The summed E-state index contributed by atoms with van der Waals surface area (Å²) < 4.78 is 0. The summed E-state index contributed by atoms with van der Waals surface area (Å²) in [5.74, 6) is -0.429. The SMILES string of the molecule is CC1=C(C(=O)NNC(N)=S)C(c2ccccc2)NC(=O)N1. The number of carbonyl (C=O) groups excluding carboxylic acids is 2. The van der Waals surface area contributed by atoms with E-state index < -0.39 is 11.9 Å². The van der Waals surface area contributed by atoms with Crippen molar-refractivity contribution in [1.82, 2.24) is 21.5 Å². The molecule has 8 heteroatoms. The topological polar surface area (TPSA) is 108 Å². The van der Waals surface area contributed by atoms with E-state index in [4.69, 9.17) is 5.73 Å². The Labute approximate surface area is 126 Å². The van der Waals surface area contributed by atoms with Crippen molar-refractivity contribution in [2.24, 2.45) is 5.73 Å². The smallest absolute Gasteiger partial charge is 0.319 e. The van der Waals surface area contributed by atoms with Gasteiger partial charge in [0.05, 0.1) is 11.6 Å². The van der Waals surface area contributed by atoms with Gasteiger partial charge in [-0.05, 0) is 24.7 Å².